The number of rotatable bonds is 6. The topological polar surface area (TPSA) is 60.4 Å². The summed E-state index contributed by atoms with van der Waals surface area (Å²) >= 11 is 1.62. The smallest absolute Gasteiger partial charge is 0.302 e. The van der Waals surface area contributed by atoms with Crippen LogP contribution in [0.25, 0.3) is 0 Å². The molecule has 0 unspecified atom stereocenters. The van der Waals surface area contributed by atoms with Crippen LogP contribution in [0, 0.1) is 0 Å². The van der Waals surface area contributed by atoms with Gasteiger partial charge in [-0.3, -0.25) is 4.79 Å². The van der Waals surface area contributed by atoms with Crippen LogP contribution in [-0.4, -0.2) is 43.0 Å². The quantitative estimate of drug-likeness (QED) is 0.547. The summed E-state index contributed by atoms with van der Waals surface area (Å²) in [4.78, 5) is 10.9. The molecule has 6 heteroatoms. The van der Waals surface area contributed by atoms with E-state index in [2.05, 4.69) is 6.92 Å². The lowest BCUT2D eigenvalue weighted by molar-refractivity contribution is -0.144. The van der Waals surface area contributed by atoms with Gasteiger partial charge in [0.2, 0.25) is 0 Å². The first-order valence-electron chi connectivity index (χ1n) is 5.94. The van der Waals surface area contributed by atoms with Gasteiger partial charge in [0, 0.05) is 6.92 Å². The standard InChI is InChI=1S/C11H20O4S2/c1-3-4-5-6-16-11-8-17(13,14)7-10(11)15-9(2)12/h10-11H,3-8H2,1-2H3/t10-,11+/m0/s1. The van der Waals surface area contributed by atoms with Crippen LogP contribution in [-0.2, 0) is 19.4 Å². The zero-order chi connectivity index (χ0) is 12.9. The van der Waals surface area contributed by atoms with E-state index in [1.54, 1.807) is 11.8 Å². The molecule has 0 radical (unpaired) electrons. The van der Waals surface area contributed by atoms with Crippen molar-refractivity contribution >= 4 is 27.6 Å². The van der Waals surface area contributed by atoms with E-state index in [0.29, 0.717) is 0 Å². The summed E-state index contributed by atoms with van der Waals surface area (Å²) < 4.78 is 28.1. The number of hydrogen-bond donors (Lipinski definition) is 0. The average molecular weight is 280 g/mol. The number of unbranched alkanes of at least 4 members (excludes halogenated alkanes) is 2. The Balaban J connectivity index is 2.46. The molecule has 0 spiro atoms. The molecule has 0 amide bonds. The lowest BCUT2D eigenvalue weighted by atomic mass is 10.3. The molecule has 1 saturated heterocycles. The highest BCUT2D eigenvalue weighted by atomic mass is 32.2. The fourth-order valence-electron chi connectivity index (χ4n) is 1.85. The highest BCUT2D eigenvalue weighted by Gasteiger charge is 2.39. The number of carbonyl (C=O) groups excluding carboxylic acids is 1. The Kier molecular flexibility index (Phi) is 5.79. The SMILES string of the molecule is CCCCCS[C@@H]1CS(=O)(=O)C[C@@H]1OC(C)=O. The van der Waals surface area contributed by atoms with E-state index < -0.39 is 21.9 Å². The van der Waals surface area contributed by atoms with E-state index in [1.807, 2.05) is 0 Å². The monoisotopic (exact) mass is 280 g/mol. The van der Waals surface area contributed by atoms with E-state index in [1.165, 1.54) is 6.92 Å². The minimum Gasteiger partial charge on any atom is -0.460 e. The van der Waals surface area contributed by atoms with E-state index in [4.69, 9.17) is 4.74 Å². The summed E-state index contributed by atoms with van der Waals surface area (Å²) in [7, 11) is -3.03. The highest BCUT2D eigenvalue weighted by molar-refractivity contribution is 8.01. The van der Waals surface area contributed by atoms with Gasteiger partial charge in [0.25, 0.3) is 0 Å². The highest BCUT2D eigenvalue weighted by Crippen LogP contribution is 2.28. The van der Waals surface area contributed by atoms with Crippen LogP contribution < -0.4 is 0 Å². The minimum atomic E-state index is -3.03. The first-order valence-corrected chi connectivity index (χ1v) is 8.81. The van der Waals surface area contributed by atoms with Crippen molar-refractivity contribution in [3.63, 3.8) is 0 Å². The molecular weight excluding hydrogens is 260 g/mol. The predicted molar refractivity (Wildman–Crippen MR) is 70.0 cm³/mol. The normalized spacial score (nSPS) is 26.9. The lowest BCUT2D eigenvalue weighted by Crippen LogP contribution is -2.27. The summed E-state index contributed by atoms with van der Waals surface area (Å²) in [6, 6.07) is 0. The Morgan fingerprint density at radius 3 is 2.65 bits per heavy atom. The Morgan fingerprint density at radius 1 is 1.35 bits per heavy atom. The molecule has 1 fully saturated rings. The minimum absolute atomic E-state index is 0.0158. The predicted octanol–water partition coefficient (Wildman–Crippen LogP) is 1.64. The average Bonchev–Trinajstić information content (AvgIpc) is 2.47. The van der Waals surface area contributed by atoms with Crippen molar-refractivity contribution in [3.8, 4) is 0 Å². The van der Waals surface area contributed by atoms with E-state index in [0.717, 1.165) is 25.0 Å². The van der Waals surface area contributed by atoms with Gasteiger partial charge in [-0.1, -0.05) is 19.8 Å². The van der Waals surface area contributed by atoms with Crippen molar-refractivity contribution in [2.75, 3.05) is 17.3 Å². The zero-order valence-corrected chi connectivity index (χ0v) is 12.0. The second kappa shape index (κ2) is 6.64. The number of sulfone groups is 1. The number of esters is 1. The van der Waals surface area contributed by atoms with Gasteiger partial charge in [0.05, 0.1) is 16.8 Å². The Hall–Kier alpha value is -0.230. The van der Waals surface area contributed by atoms with Crippen LogP contribution >= 0.6 is 11.8 Å². The van der Waals surface area contributed by atoms with Crippen LogP contribution in [0.15, 0.2) is 0 Å². The Bertz CT molecular complexity index is 350. The molecule has 0 saturated carbocycles. The van der Waals surface area contributed by atoms with Gasteiger partial charge < -0.3 is 4.74 Å². The number of carbonyl (C=O) groups is 1. The first-order chi connectivity index (χ1) is 7.94. The maximum atomic E-state index is 11.5. The third-order valence-electron chi connectivity index (χ3n) is 2.65. The molecule has 1 aliphatic rings. The zero-order valence-electron chi connectivity index (χ0n) is 10.3. The van der Waals surface area contributed by atoms with Crippen molar-refractivity contribution in [3.05, 3.63) is 0 Å². The fourth-order valence-corrected chi connectivity index (χ4v) is 5.67. The van der Waals surface area contributed by atoms with Crippen LogP contribution in [0.5, 0.6) is 0 Å². The van der Waals surface area contributed by atoms with Gasteiger partial charge in [-0.2, -0.15) is 11.8 Å². The van der Waals surface area contributed by atoms with Crippen molar-refractivity contribution in [1.29, 1.82) is 0 Å². The second-order valence-electron chi connectivity index (χ2n) is 4.34. The molecule has 0 aromatic heterocycles. The van der Waals surface area contributed by atoms with Crippen LogP contribution in [0.3, 0.4) is 0 Å². The maximum absolute atomic E-state index is 11.5. The molecule has 0 N–H and O–H groups in total. The van der Waals surface area contributed by atoms with E-state index in [9.17, 15) is 13.2 Å². The third kappa shape index (κ3) is 5.29. The van der Waals surface area contributed by atoms with Crippen LogP contribution in [0.4, 0.5) is 0 Å². The summed E-state index contributed by atoms with van der Waals surface area (Å²) in [5.41, 5.74) is 0. The molecule has 0 bridgehead atoms. The van der Waals surface area contributed by atoms with Gasteiger partial charge in [-0.25, -0.2) is 8.42 Å². The number of thioether (sulfide) groups is 1. The maximum Gasteiger partial charge on any atom is 0.302 e. The molecule has 100 valence electrons. The second-order valence-corrected chi connectivity index (χ2v) is 7.84. The lowest BCUT2D eigenvalue weighted by Gasteiger charge is -2.17. The van der Waals surface area contributed by atoms with Crippen molar-refractivity contribution in [2.24, 2.45) is 0 Å². The van der Waals surface area contributed by atoms with Crippen LogP contribution in [0.1, 0.15) is 33.1 Å². The van der Waals surface area contributed by atoms with Crippen LogP contribution in [0.2, 0.25) is 0 Å². The van der Waals surface area contributed by atoms with Crippen molar-refractivity contribution < 1.29 is 17.9 Å². The van der Waals surface area contributed by atoms with Gasteiger partial charge in [0.15, 0.2) is 9.84 Å². The number of ether oxygens (including phenoxy) is 1. The molecule has 1 heterocycles. The van der Waals surface area contributed by atoms with Gasteiger partial charge in [-0.15, -0.1) is 0 Å². The fraction of sp³-hybridized carbons (Fsp3) is 0.909. The molecular formula is C11H20O4S2. The van der Waals surface area contributed by atoms with Crippen molar-refractivity contribution in [2.45, 2.75) is 44.5 Å². The molecule has 4 nitrogen and oxygen atoms in total. The Labute approximate surface area is 107 Å². The van der Waals surface area contributed by atoms with E-state index >= 15 is 0 Å². The summed E-state index contributed by atoms with van der Waals surface area (Å²) in [6.07, 6.45) is 2.94. The molecule has 1 aliphatic heterocycles. The van der Waals surface area contributed by atoms with Gasteiger partial charge >= 0.3 is 5.97 Å². The molecule has 0 aromatic rings. The van der Waals surface area contributed by atoms with Gasteiger partial charge in [0.1, 0.15) is 6.10 Å². The third-order valence-corrected chi connectivity index (χ3v) is 5.99. The first kappa shape index (κ1) is 14.8. The largest absolute Gasteiger partial charge is 0.460 e. The number of hydrogen-bond acceptors (Lipinski definition) is 5. The summed E-state index contributed by atoms with van der Waals surface area (Å²) in [6.45, 7) is 3.45. The van der Waals surface area contributed by atoms with Crippen molar-refractivity contribution in [1.82, 2.24) is 0 Å². The van der Waals surface area contributed by atoms with E-state index in [-0.39, 0.29) is 16.8 Å². The molecule has 0 aliphatic carbocycles. The van der Waals surface area contributed by atoms with Gasteiger partial charge in [-0.05, 0) is 12.2 Å². The summed E-state index contributed by atoms with van der Waals surface area (Å²) in [5.74, 6) is 0.664. The molecule has 0 aromatic carbocycles. The molecule has 17 heavy (non-hydrogen) atoms. The molecule has 2 atom stereocenters. The summed E-state index contributed by atoms with van der Waals surface area (Å²) in [5, 5.41) is -0.0826. The Morgan fingerprint density at radius 2 is 2.06 bits per heavy atom. The molecule has 1 rings (SSSR count).